The van der Waals surface area contributed by atoms with E-state index in [9.17, 15) is 0 Å². The van der Waals surface area contributed by atoms with Gasteiger partial charge in [-0.1, -0.05) is 29.8 Å². The van der Waals surface area contributed by atoms with Crippen LogP contribution in [0.2, 0.25) is 0 Å². The van der Waals surface area contributed by atoms with Crippen LogP contribution in [0.3, 0.4) is 0 Å². The van der Waals surface area contributed by atoms with E-state index in [1.165, 1.54) is 11.1 Å². The Morgan fingerprint density at radius 1 is 1.40 bits per heavy atom. The molecule has 0 unspecified atom stereocenters. The predicted octanol–water partition coefficient (Wildman–Crippen LogP) is 0.489. The zero-order valence-electron chi connectivity index (χ0n) is 8.59. The average molecular weight is 203 g/mol. The Balaban J connectivity index is 2.22. The summed E-state index contributed by atoms with van der Waals surface area (Å²) in [4.78, 5) is 0. The minimum Gasteiger partial charge on any atom is -0.324 e. The van der Waals surface area contributed by atoms with E-state index in [2.05, 4.69) is 40.6 Å². The molecule has 0 aliphatic heterocycles. The molecule has 15 heavy (non-hydrogen) atoms. The Bertz CT molecular complexity index is 449. The molecule has 5 heteroatoms. The second-order valence-corrected chi connectivity index (χ2v) is 3.45. The standard InChI is InChI=1S/C10H13N5/c1-8-3-2-4-9(5-8)7-15-10(6-11)12-13-14-15/h2-5H,6-7,11H2,1H3. The monoisotopic (exact) mass is 203 g/mol. The fourth-order valence-corrected chi connectivity index (χ4v) is 1.48. The van der Waals surface area contributed by atoms with E-state index < -0.39 is 0 Å². The van der Waals surface area contributed by atoms with Crippen LogP contribution in [0.4, 0.5) is 0 Å². The summed E-state index contributed by atoms with van der Waals surface area (Å²) < 4.78 is 1.72. The van der Waals surface area contributed by atoms with Crippen LogP contribution in [0.15, 0.2) is 24.3 Å². The molecule has 1 heterocycles. The highest BCUT2D eigenvalue weighted by Gasteiger charge is 2.03. The fraction of sp³-hybridized carbons (Fsp3) is 0.300. The normalized spacial score (nSPS) is 10.5. The molecule has 2 N–H and O–H groups in total. The Labute approximate surface area is 87.9 Å². The van der Waals surface area contributed by atoms with Gasteiger partial charge in [0, 0.05) is 0 Å². The van der Waals surface area contributed by atoms with E-state index in [1.807, 2.05) is 6.07 Å². The average Bonchev–Trinajstić information content (AvgIpc) is 2.65. The second kappa shape index (κ2) is 4.18. The largest absolute Gasteiger partial charge is 0.324 e. The smallest absolute Gasteiger partial charge is 0.165 e. The summed E-state index contributed by atoms with van der Waals surface area (Å²) in [5.41, 5.74) is 7.92. The van der Waals surface area contributed by atoms with Crippen molar-refractivity contribution in [3.8, 4) is 0 Å². The van der Waals surface area contributed by atoms with E-state index in [-0.39, 0.29) is 0 Å². The van der Waals surface area contributed by atoms with Crippen LogP contribution in [-0.2, 0) is 13.1 Å². The number of rotatable bonds is 3. The third-order valence-corrected chi connectivity index (χ3v) is 2.20. The number of benzene rings is 1. The summed E-state index contributed by atoms with van der Waals surface area (Å²) in [5.74, 6) is 0.705. The molecule has 2 aromatic rings. The van der Waals surface area contributed by atoms with Crippen LogP contribution >= 0.6 is 0 Å². The summed E-state index contributed by atoms with van der Waals surface area (Å²) >= 11 is 0. The van der Waals surface area contributed by atoms with Gasteiger partial charge in [0.1, 0.15) is 0 Å². The minimum absolute atomic E-state index is 0.360. The summed E-state index contributed by atoms with van der Waals surface area (Å²) in [6.07, 6.45) is 0. The van der Waals surface area contributed by atoms with E-state index in [4.69, 9.17) is 5.73 Å². The topological polar surface area (TPSA) is 69.6 Å². The van der Waals surface area contributed by atoms with Crippen LogP contribution in [-0.4, -0.2) is 20.2 Å². The molecule has 0 aliphatic carbocycles. The van der Waals surface area contributed by atoms with Gasteiger partial charge in [0.05, 0.1) is 13.1 Å². The molecule has 0 saturated heterocycles. The molecule has 0 atom stereocenters. The molecule has 0 aliphatic rings. The first kappa shape index (κ1) is 9.79. The van der Waals surface area contributed by atoms with Crippen LogP contribution in [0.5, 0.6) is 0 Å². The summed E-state index contributed by atoms with van der Waals surface area (Å²) in [6, 6.07) is 8.25. The minimum atomic E-state index is 0.360. The highest BCUT2D eigenvalue weighted by molar-refractivity contribution is 5.22. The first-order valence-electron chi connectivity index (χ1n) is 4.80. The van der Waals surface area contributed by atoms with Crippen molar-refractivity contribution in [2.24, 2.45) is 5.73 Å². The Hall–Kier alpha value is -1.75. The lowest BCUT2D eigenvalue weighted by atomic mass is 10.1. The molecular formula is C10H13N5. The number of aryl methyl sites for hydroxylation is 1. The van der Waals surface area contributed by atoms with Gasteiger partial charge in [0.25, 0.3) is 0 Å². The van der Waals surface area contributed by atoms with Crippen LogP contribution in [0.25, 0.3) is 0 Å². The van der Waals surface area contributed by atoms with Crippen molar-refractivity contribution in [2.45, 2.75) is 20.0 Å². The van der Waals surface area contributed by atoms with Gasteiger partial charge < -0.3 is 5.73 Å². The number of aromatic nitrogens is 4. The number of nitrogens with zero attached hydrogens (tertiary/aromatic N) is 4. The lowest BCUT2D eigenvalue weighted by Crippen LogP contribution is -2.10. The highest BCUT2D eigenvalue weighted by atomic mass is 15.5. The first-order chi connectivity index (χ1) is 7.29. The van der Waals surface area contributed by atoms with Gasteiger partial charge in [-0.3, -0.25) is 0 Å². The van der Waals surface area contributed by atoms with Gasteiger partial charge in [0.15, 0.2) is 5.82 Å². The quantitative estimate of drug-likeness (QED) is 0.788. The van der Waals surface area contributed by atoms with Crippen LogP contribution in [0.1, 0.15) is 17.0 Å². The van der Waals surface area contributed by atoms with Gasteiger partial charge in [-0.2, -0.15) is 0 Å². The van der Waals surface area contributed by atoms with Gasteiger partial charge in [-0.15, -0.1) is 5.10 Å². The molecule has 0 radical (unpaired) electrons. The van der Waals surface area contributed by atoms with Crippen molar-refractivity contribution >= 4 is 0 Å². The van der Waals surface area contributed by atoms with Gasteiger partial charge in [-0.25, -0.2) is 4.68 Å². The van der Waals surface area contributed by atoms with Crippen molar-refractivity contribution in [1.82, 2.24) is 20.2 Å². The van der Waals surface area contributed by atoms with Crippen molar-refractivity contribution in [2.75, 3.05) is 0 Å². The Kier molecular flexibility index (Phi) is 2.73. The second-order valence-electron chi connectivity index (χ2n) is 3.45. The molecule has 78 valence electrons. The van der Waals surface area contributed by atoms with Crippen molar-refractivity contribution in [3.05, 3.63) is 41.2 Å². The van der Waals surface area contributed by atoms with Crippen LogP contribution in [0, 0.1) is 6.92 Å². The molecule has 1 aromatic carbocycles. The van der Waals surface area contributed by atoms with Gasteiger partial charge >= 0.3 is 0 Å². The molecule has 0 spiro atoms. The summed E-state index contributed by atoms with van der Waals surface area (Å²) in [5, 5.41) is 11.3. The zero-order chi connectivity index (χ0) is 10.7. The molecule has 0 amide bonds. The number of nitrogens with two attached hydrogens (primary N) is 1. The highest BCUT2D eigenvalue weighted by Crippen LogP contribution is 2.06. The lowest BCUT2D eigenvalue weighted by Gasteiger charge is -2.03. The summed E-state index contributed by atoms with van der Waals surface area (Å²) in [6.45, 7) is 3.09. The van der Waals surface area contributed by atoms with E-state index >= 15 is 0 Å². The maximum atomic E-state index is 5.52. The zero-order valence-corrected chi connectivity index (χ0v) is 8.59. The number of hydrogen-bond donors (Lipinski definition) is 1. The van der Waals surface area contributed by atoms with Crippen LogP contribution < -0.4 is 5.73 Å². The maximum Gasteiger partial charge on any atom is 0.165 e. The third-order valence-electron chi connectivity index (χ3n) is 2.20. The SMILES string of the molecule is Cc1cccc(Cn2nnnc2CN)c1. The predicted molar refractivity (Wildman–Crippen MR) is 56.0 cm³/mol. The molecule has 0 bridgehead atoms. The maximum absolute atomic E-state index is 5.52. The molecule has 2 rings (SSSR count). The number of hydrogen-bond acceptors (Lipinski definition) is 4. The van der Waals surface area contributed by atoms with Crippen molar-refractivity contribution < 1.29 is 0 Å². The van der Waals surface area contributed by atoms with Gasteiger partial charge in [0.2, 0.25) is 0 Å². The molecule has 0 saturated carbocycles. The third kappa shape index (κ3) is 2.19. The Morgan fingerprint density at radius 2 is 2.27 bits per heavy atom. The van der Waals surface area contributed by atoms with Crippen molar-refractivity contribution in [3.63, 3.8) is 0 Å². The fourth-order valence-electron chi connectivity index (χ4n) is 1.48. The molecule has 5 nitrogen and oxygen atoms in total. The Morgan fingerprint density at radius 3 is 3.00 bits per heavy atom. The van der Waals surface area contributed by atoms with E-state index in [0.29, 0.717) is 18.9 Å². The molecule has 1 aromatic heterocycles. The van der Waals surface area contributed by atoms with Gasteiger partial charge in [-0.05, 0) is 22.9 Å². The molecular weight excluding hydrogens is 190 g/mol. The first-order valence-corrected chi connectivity index (χ1v) is 4.80. The van der Waals surface area contributed by atoms with Crippen molar-refractivity contribution in [1.29, 1.82) is 0 Å². The molecule has 0 fully saturated rings. The number of tetrazole rings is 1. The lowest BCUT2D eigenvalue weighted by molar-refractivity contribution is 0.619. The van der Waals surface area contributed by atoms with E-state index in [0.717, 1.165) is 0 Å². The summed E-state index contributed by atoms with van der Waals surface area (Å²) in [7, 11) is 0. The van der Waals surface area contributed by atoms with E-state index in [1.54, 1.807) is 4.68 Å².